The van der Waals surface area contributed by atoms with Gasteiger partial charge in [0.2, 0.25) is 5.91 Å². The number of rotatable bonds is 7. The Kier molecular flexibility index (Phi) is 6.44. The third-order valence-electron chi connectivity index (χ3n) is 3.15. The van der Waals surface area contributed by atoms with Crippen LogP contribution in [0, 0.1) is 0 Å². The largest absolute Gasteiger partial charge is 0.394 e. The van der Waals surface area contributed by atoms with Gasteiger partial charge in [-0.3, -0.25) is 4.79 Å². The molecule has 0 bridgehead atoms. The molecule has 1 atom stereocenters. The topological polar surface area (TPSA) is 49.3 Å². The van der Waals surface area contributed by atoms with E-state index in [-0.39, 0.29) is 18.6 Å². The van der Waals surface area contributed by atoms with Crippen LogP contribution >= 0.6 is 0 Å². The van der Waals surface area contributed by atoms with Crippen molar-refractivity contribution in [2.45, 2.75) is 45.6 Å². The predicted octanol–water partition coefficient (Wildman–Crippen LogP) is 2.07. The van der Waals surface area contributed by atoms with Gasteiger partial charge in [0.15, 0.2) is 0 Å². The van der Waals surface area contributed by atoms with E-state index in [0.29, 0.717) is 6.42 Å². The summed E-state index contributed by atoms with van der Waals surface area (Å²) < 4.78 is 0. The Morgan fingerprint density at radius 2 is 1.83 bits per heavy atom. The fourth-order valence-corrected chi connectivity index (χ4v) is 1.78. The van der Waals surface area contributed by atoms with E-state index in [1.165, 1.54) is 11.1 Å². The molecule has 0 aliphatic heterocycles. The standard InChI is InChI=1S/C15H23NO2/c1-3-12-5-7-13(8-6-12)9-10-15(18)16-14(4-2)11-17/h5-8,14,17H,3-4,9-11H2,1-2H3,(H,16,18)/t14-/m1/s1. The van der Waals surface area contributed by atoms with Crippen LogP contribution in [0.4, 0.5) is 0 Å². The van der Waals surface area contributed by atoms with Crippen molar-refractivity contribution < 1.29 is 9.90 Å². The van der Waals surface area contributed by atoms with Gasteiger partial charge in [-0.05, 0) is 30.4 Å². The molecule has 0 fully saturated rings. The summed E-state index contributed by atoms with van der Waals surface area (Å²) in [6.07, 6.45) is 3.02. The SMILES string of the molecule is CCc1ccc(CCC(=O)N[C@H](CC)CO)cc1. The maximum atomic E-state index is 11.6. The summed E-state index contributed by atoms with van der Waals surface area (Å²) in [5.41, 5.74) is 2.49. The van der Waals surface area contributed by atoms with Gasteiger partial charge in [-0.1, -0.05) is 38.1 Å². The number of benzene rings is 1. The molecule has 0 unspecified atom stereocenters. The Balaban J connectivity index is 2.37. The first-order chi connectivity index (χ1) is 8.69. The van der Waals surface area contributed by atoms with Crippen molar-refractivity contribution in [3.8, 4) is 0 Å². The number of carbonyl (C=O) groups excluding carboxylic acids is 1. The maximum Gasteiger partial charge on any atom is 0.220 e. The Bertz CT molecular complexity index is 355. The van der Waals surface area contributed by atoms with E-state index in [9.17, 15) is 4.79 Å². The Hall–Kier alpha value is -1.35. The highest BCUT2D eigenvalue weighted by Crippen LogP contribution is 2.07. The smallest absolute Gasteiger partial charge is 0.220 e. The zero-order chi connectivity index (χ0) is 13.4. The lowest BCUT2D eigenvalue weighted by Crippen LogP contribution is -2.36. The molecule has 18 heavy (non-hydrogen) atoms. The van der Waals surface area contributed by atoms with Crippen LogP contribution in [0.25, 0.3) is 0 Å². The molecule has 0 aliphatic rings. The van der Waals surface area contributed by atoms with E-state index in [4.69, 9.17) is 5.11 Å². The van der Waals surface area contributed by atoms with E-state index >= 15 is 0 Å². The summed E-state index contributed by atoms with van der Waals surface area (Å²) in [5, 5.41) is 11.8. The van der Waals surface area contributed by atoms with Gasteiger partial charge < -0.3 is 10.4 Å². The fraction of sp³-hybridized carbons (Fsp3) is 0.533. The second-order valence-corrected chi connectivity index (χ2v) is 4.53. The minimum atomic E-state index is -0.111. The van der Waals surface area contributed by atoms with Crippen molar-refractivity contribution in [3.05, 3.63) is 35.4 Å². The van der Waals surface area contributed by atoms with Crippen LogP contribution in [0.3, 0.4) is 0 Å². The number of aryl methyl sites for hydroxylation is 2. The van der Waals surface area contributed by atoms with Crippen molar-refractivity contribution in [1.82, 2.24) is 5.32 Å². The third kappa shape index (κ3) is 4.88. The van der Waals surface area contributed by atoms with Crippen LogP contribution in [0.2, 0.25) is 0 Å². The summed E-state index contributed by atoms with van der Waals surface area (Å²) in [7, 11) is 0. The summed E-state index contributed by atoms with van der Waals surface area (Å²) in [6, 6.07) is 8.26. The number of hydrogen-bond donors (Lipinski definition) is 2. The van der Waals surface area contributed by atoms with E-state index < -0.39 is 0 Å². The summed E-state index contributed by atoms with van der Waals surface area (Å²) in [4.78, 5) is 11.6. The average Bonchev–Trinajstić information content (AvgIpc) is 2.43. The second kappa shape index (κ2) is 7.88. The Morgan fingerprint density at radius 1 is 1.22 bits per heavy atom. The highest BCUT2D eigenvalue weighted by Gasteiger charge is 2.08. The van der Waals surface area contributed by atoms with Gasteiger partial charge in [0.1, 0.15) is 0 Å². The lowest BCUT2D eigenvalue weighted by atomic mass is 10.1. The summed E-state index contributed by atoms with van der Waals surface area (Å²) in [6.45, 7) is 4.08. The van der Waals surface area contributed by atoms with Crippen molar-refractivity contribution >= 4 is 5.91 Å². The minimum absolute atomic E-state index is 0.00738. The van der Waals surface area contributed by atoms with Gasteiger partial charge in [-0.25, -0.2) is 0 Å². The number of aliphatic hydroxyl groups excluding tert-OH is 1. The zero-order valence-corrected chi connectivity index (χ0v) is 11.3. The molecule has 0 aliphatic carbocycles. The number of nitrogens with one attached hydrogen (secondary N) is 1. The maximum absolute atomic E-state index is 11.6. The van der Waals surface area contributed by atoms with Crippen LogP contribution in [0.15, 0.2) is 24.3 Å². The molecule has 1 aromatic rings. The van der Waals surface area contributed by atoms with Gasteiger partial charge >= 0.3 is 0 Å². The van der Waals surface area contributed by atoms with Gasteiger partial charge in [0, 0.05) is 6.42 Å². The molecule has 3 heteroatoms. The molecule has 0 heterocycles. The lowest BCUT2D eigenvalue weighted by molar-refractivity contribution is -0.122. The van der Waals surface area contributed by atoms with E-state index in [1.807, 2.05) is 6.92 Å². The molecule has 0 aromatic heterocycles. The first-order valence-corrected chi connectivity index (χ1v) is 6.67. The molecule has 1 amide bonds. The fourth-order valence-electron chi connectivity index (χ4n) is 1.78. The number of aliphatic hydroxyl groups is 1. The first kappa shape index (κ1) is 14.7. The normalized spacial score (nSPS) is 12.2. The van der Waals surface area contributed by atoms with Crippen LogP contribution in [0.5, 0.6) is 0 Å². The van der Waals surface area contributed by atoms with Crippen LogP contribution in [0.1, 0.15) is 37.8 Å². The quantitative estimate of drug-likeness (QED) is 0.777. The van der Waals surface area contributed by atoms with Crippen molar-refractivity contribution in [2.24, 2.45) is 0 Å². The van der Waals surface area contributed by atoms with Crippen LogP contribution in [-0.4, -0.2) is 23.7 Å². The summed E-state index contributed by atoms with van der Waals surface area (Å²) >= 11 is 0. The summed E-state index contributed by atoms with van der Waals surface area (Å²) in [5.74, 6) is 0.00969. The molecule has 3 nitrogen and oxygen atoms in total. The molecule has 100 valence electrons. The van der Waals surface area contributed by atoms with Gasteiger partial charge in [-0.2, -0.15) is 0 Å². The highest BCUT2D eigenvalue weighted by molar-refractivity contribution is 5.76. The van der Waals surface area contributed by atoms with Crippen molar-refractivity contribution in [2.75, 3.05) is 6.61 Å². The molecule has 0 radical (unpaired) electrons. The van der Waals surface area contributed by atoms with Gasteiger partial charge in [-0.15, -0.1) is 0 Å². The predicted molar refractivity (Wildman–Crippen MR) is 73.4 cm³/mol. The Labute approximate surface area is 109 Å². The zero-order valence-electron chi connectivity index (χ0n) is 11.3. The minimum Gasteiger partial charge on any atom is -0.394 e. The third-order valence-corrected chi connectivity index (χ3v) is 3.15. The van der Waals surface area contributed by atoms with Crippen LogP contribution in [-0.2, 0) is 17.6 Å². The van der Waals surface area contributed by atoms with E-state index in [0.717, 1.165) is 19.3 Å². The molecule has 0 saturated heterocycles. The molecular weight excluding hydrogens is 226 g/mol. The molecule has 1 aromatic carbocycles. The highest BCUT2D eigenvalue weighted by atomic mass is 16.3. The first-order valence-electron chi connectivity index (χ1n) is 6.67. The number of hydrogen-bond acceptors (Lipinski definition) is 2. The molecule has 1 rings (SSSR count). The van der Waals surface area contributed by atoms with Gasteiger partial charge in [0.05, 0.1) is 12.6 Å². The number of amides is 1. The molecular formula is C15H23NO2. The molecule has 0 spiro atoms. The monoisotopic (exact) mass is 249 g/mol. The number of carbonyl (C=O) groups is 1. The lowest BCUT2D eigenvalue weighted by Gasteiger charge is -2.13. The van der Waals surface area contributed by atoms with Crippen LogP contribution < -0.4 is 5.32 Å². The average molecular weight is 249 g/mol. The Morgan fingerprint density at radius 3 is 2.33 bits per heavy atom. The second-order valence-electron chi connectivity index (χ2n) is 4.53. The van der Waals surface area contributed by atoms with E-state index in [1.54, 1.807) is 0 Å². The van der Waals surface area contributed by atoms with Gasteiger partial charge in [0.25, 0.3) is 0 Å². The van der Waals surface area contributed by atoms with Crippen molar-refractivity contribution in [3.63, 3.8) is 0 Å². The van der Waals surface area contributed by atoms with Crippen molar-refractivity contribution in [1.29, 1.82) is 0 Å². The molecule has 2 N–H and O–H groups in total. The molecule has 0 saturated carbocycles. The van der Waals surface area contributed by atoms with E-state index in [2.05, 4.69) is 36.5 Å².